The quantitative estimate of drug-likeness (QED) is 0.610. The Balaban J connectivity index is 2.98. The normalized spacial score (nSPS) is 9.48. The van der Waals surface area contributed by atoms with Crippen molar-refractivity contribution in [2.45, 2.75) is 13.8 Å². The largest absolute Gasteiger partial charge is 0.372 e. The molecule has 0 aromatic heterocycles. The van der Waals surface area contributed by atoms with Crippen molar-refractivity contribution in [1.82, 2.24) is 0 Å². The summed E-state index contributed by atoms with van der Waals surface area (Å²) in [6.07, 6.45) is 3.22. The summed E-state index contributed by atoms with van der Waals surface area (Å²) < 4.78 is 0. The number of nitriles is 3. The zero-order valence-electron chi connectivity index (χ0n) is 12.2. The van der Waals surface area contributed by atoms with Gasteiger partial charge in [0.2, 0.25) is 0 Å². The minimum Gasteiger partial charge on any atom is -0.372 e. The molecule has 21 heavy (non-hydrogen) atoms. The maximum absolute atomic E-state index is 8.95. The van der Waals surface area contributed by atoms with E-state index in [9.17, 15) is 0 Å². The molecule has 0 amide bonds. The van der Waals surface area contributed by atoms with Gasteiger partial charge in [-0.15, -0.1) is 0 Å². The van der Waals surface area contributed by atoms with Crippen molar-refractivity contribution in [2.75, 3.05) is 18.0 Å². The van der Waals surface area contributed by atoms with Crippen molar-refractivity contribution in [3.05, 3.63) is 47.1 Å². The molecule has 0 unspecified atom stereocenters. The smallest absolute Gasteiger partial charge is 0.147 e. The van der Waals surface area contributed by atoms with Crippen LogP contribution < -0.4 is 4.90 Å². The van der Waals surface area contributed by atoms with Gasteiger partial charge in [-0.3, -0.25) is 0 Å². The molecule has 0 atom stereocenters. The molecule has 1 rings (SSSR count). The number of hydrogen-bond donors (Lipinski definition) is 0. The second-order valence-corrected chi connectivity index (χ2v) is 4.22. The molecule has 104 valence electrons. The van der Waals surface area contributed by atoms with Crippen molar-refractivity contribution in [3.8, 4) is 18.2 Å². The fourth-order valence-corrected chi connectivity index (χ4v) is 1.89. The van der Waals surface area contributed by atoms with Crippen LogP contribution in [-0.4, -0.2) is 13.1 Å². The highest BCUT2D eigenvalue weighted by molar-refractivity contribution is 5.62. The van der Waals surface area contributed by atoms with E-state index in [1.807, 2.05) is 30.3 Å². The van der Waals surface area contributed by atoms with Crippen molar-refractivity contribution >= 4 is 11.8 Å². The lowest BCUT2D eigenvalue weighted by molar-refractivity contribution is 0.866. The molecule has 0 aliphatic rings. The van der Waals surface area contributed by atoms with Gasteiger partial charge in [0.15, 0.2) is 0 Å². The maximum atomic E-state index is 8.95. The lowest BCUT2D eigenvalue weighted by Crippen LogP contribution is -2.21. The summed E-state index contributed by atoms with van der Waals surface area (Å²) >= 11 is 0. The Labute approximate surface area is 125 Å². The van der Waals surface area contributed by atoms with E-state index in [1.165, 1.54) is 6.08 Å². The van der Waals surface area contributed by atoms with Crippen molar-refractivity contribution in [3.63, 3.8) is 0 Å². The lowest BCUT2D eigenvalue weighted by Gasteiger charge is -2.20. The van der Waals surface area contributed by atoms with Crippen molar-refractivity contribution in [1.29, 1.82) is 15.8 Å². The van der Waals surface area contributed by atoms with Crippen LogP contribution in [0.15, 0.2) is 41.5 Å². The van der Waals surface area contributed by atoms with Crippen LogP contribution in [0.3, 0.4) is 0 Å². The van der Waals surface area contributed by atoms with Gasteiger partial charge in [0, 0.05) is 18.8 Å². The molecule has 4 heteroatoms. The Morgan fingerprint density at radius 2 is 1.57 bits per heavy atom. The summed E-state index contributed by atoms with van der Waals surface area (Å²) in [4.78, 5) is 2.23. The van der Waals surface area contributed by atoms with Gasteiger partial charge in [0.1, 0.15) is 23.8 Å². The highest BCUT2D eigenvalue weighted by Gasteiger charge is 2.02. The average molecular weight is 276 g/mol. The van der Waals surface area contributed by atoms with E-state index < -0.39 is 0 Å². The minimum atomic E-state index is -0.173. The number of nitrogens with zero attached hydrogens (tertiary/aromatic N) is 4. The SMILES string of the molecule is CCN(CC)c1ccc(/C=C/C(C#N)=C(C#N)C#N)cc1. The first-order chi connectivity index (χ1) is 10.2. The summed E-state index contributed by atoms with van der Waals surface area (Å²) in [7, 11) is 0. The van der Waals surface area contributed by atoms with E-state index in [0.29, 0.717) is 0 Å². The predicted octanol–water partition coefficient (Wildman–Crippen LogP) is 3.41. The lowest BCUT2D eigenvalue weighted by atomic mass is 10.1. The van der Waals surface area contributed by atoms with E-state index in [2.05, 4.69) is 18.7 Å². The van der Waals surface area contributed by atoms with Crippen LogP contribution in [0, 0.1) is 34.0 Å². The first kappa shape index (κ1) is 16.0. The van der Waals surface area contributed by atoms with Crippen LogP contribution in [0.4, 0.5) is 5.69 Å². The van der Waals surface area contributed by atoms with Gasteiger partial charge in [-0.25, -0.2) is 0 Å². The number of hydrogen-bond acceptors (Lipinski definition) is 4. The second-order valence-electron chi connectivity index (χ2n) is 4.22. The molecule has 1 aromatic rings. The topological polar surface area (TPSA) is 74.6 Å². The monoisotopic (exact) mass is 276 g/mol. The molecule has 1 aromatic carbocycles. The van der Waals surface area contributed by atoms with Gasteiger partial charge in [-0.05, 0) is 37.6 Å². The third-order valence-electron chi connectivity index (χ3n) is 3.08. The summed E-state index contributed by atoms with van der Waals surface area (Å²) in [5.41, 5.74) is 1.96. The van der Waals surface area contributed by atoms with Gasteiger partial charge in [0.25, 0.3) is 0 Å². The van der Waals surface area contributed by atoms with Crippen molar-refractivity contribution in [2.24, 2.45) is 0 Å². The molecule has 4 nitrogen and oxygen atoms in total. The summed E-state index contributed by atoms with van der Waals surface area (Å²) in [5.74, 6) is 0. The zero-order chi connectivity index (χ0) is 15.7. The van der Waals surface area contributed by atoms with Crippen LogP contribution in [0.2, 0.25) is 0 Å². The summed E-state index contributed by atoms with van der Waals surface area (Å²) in [6, 6.07) is 13.2. The van der Waals surface area contributed by atoms with Gasteiger partial charge in [0.05, 0.1) is 5.57 Å². The zero-order valence-corrected chi connectivity index (χ0v) is 12.2. The Morgan fingerprint density at radius 1 is 1.00 bits per heavy atom. The van der Waals surface area contributed by atoms with E-state index in [4.69, 9.17) is 15.8 Å². The summed E-state index contributed by atoms with van der Waals surface area (Å²) in [6.45, 7) is 6.10. The number of benzene rings is 1. The Bertz CT molecular complexity index is 641. The van der Waals surface area contributed by atoms with Gasteiger partial charge in [-0.1, -0.05) is 18.2 Å². The van der Waals surface area contributed by atoms with Crippen LogP contribution in [-0.2, 0) is 0 Å². The van der Waals surface area contributed by atoms with Crippen LogP contribution >= 0.6 is 0 Å². The highest BCUT2D eigenvalue weighted by Crippen LogP contribution is 2.16. The average Bonchev–Trinajstić information content (AvgIpc) is 2.54. The fraction of sp³-hybridized carbons (Fsp3) is 0.235. The number of rotatable bonds is 5. The molecule has 0 N–H and O–H groups in total. The third-order valence-corrected chi connectivity index (χ3v) is 3.08. The van der Waals surface area contributed by atoms with Crippen LogP contribution in [0.25, 0.3) is 6.08 Å². The third kappa shape index (κ3) is 4.23. The first-order valence-corrected chi connectivity index (χ1v) is 6.67. The number of allylic oxidation sites excluding steroid dienone is 3. The molecule has 0 bridgehead atoms. The summed E-state index contributed by atoms with van der Waals surface area (Å²) in [5, 5.41) is 26.5. The van der Waals surface area contributed by atoms with Crippen molar-refractivity contribution < 1.29 is 0 Å². The molecule has 0 spiro atoms. The standard InChI is InChI=1S/C17H16N4/c1-3-21(4-2)17-9-6-14(7-10-17)5-8-15(11-18)16(12-19)13-20/h5-10H,3-4H2,1-2H3/b8-5+. The molecule has 0 saturated heterocycles. The molecule has 0 aliphatic heterocycles. The van der Waals surface area contributed by atoms with E-state index in [1.54, 1.807) is 18.2 Å². The predicted molar refractivity (Wildman–Crippen MR) is 82.9 cm³/mol. The highest BCUT2D eigenvalue weighted by atomic mass is 15.1. The molecular weight excluding hydrogens is 260 g/mol. The molecule has 0 saturated carbocycles. The Hall–Kier alpha value is -3.03. The molecule has 0 aliphatic carbocycles. The van der Waals surface area contributed by atoms with Gasteiger partial charge in [-0.2, -0.15) is 15.8 Å². The van der Waals surface area contributed by atoms with E-state index in [-0.39, 0.29) is 11.1 Å². The Morgan fingerprint density at radius 3 is 2.00 bits per heavy atom. The van der Waals surface area contributed by atoms with Gasteiger partial charge >= 0.3 is 0 Å². The van der Waals surface area contributed by atoms with Crippen LogP contribution in [0.1, 0.15) is 19.4 Å². The minimum absolute atomic E-state index is 0.0767. The number of anilines is 1. The van der Waals surface area contributed by atoms with Crippen LogP contribution in [0.5, 0.6) is 0 Å². The van der Waals surface area contributed by atoms with E-state index >= 15 is 0 Å². The van der Waals surface area contributed by atoms with Gasteiger partial charge < -0.3 is 4.90 Å². The maximum Gasteiger partial charge on any atom is 0.147 e. The first-order valence-electron chi connectivity index (χ1n) is 6.67. The molecule has 0 radical (unpaired) electrons. The van der Waals surface area contributed by atoms with E-state index in [0.717, 1.165) is 24.3 Å². The second kappa shape index (κ2) is 8.20. The fourth-order valence-electron chi connectivity index (χ4n) is 1.89. The molecule has 0 heterocycles. The molecule has 0 fully saturated rings. The Kier molecular flexibility index (Phi) is 6.26. The molecular formula is C17H16N4.